The molecule has 0 aromatic rings. The monoisotopic (exact) mass is 722 g/mol. The van der Waals surface area contributed by atoms with E-state index in [1.165, 1.54) is 250 Å². The highest BCUT2D eigenvalue weighted by Crippen LogP contribution is 2.57. The Morgan fingerprint density at radius 2 is 0.300 bits per heavy atom. The molecule has 302 valence electrons. The summed E-state index contributed by atoms with van der Waals surface area (Å²) in [6, 6.07) is 0. The summed E-state index contributed by atoms with van der Waals surface area (Å²) >= 11 is 0. The van der Waals surface area contributed by atoms with E-state index < -0.39 is 7.26 Å². The van der Waals surface area contributed by atoms with Crippen LogP contribution in [0.25, 0.3) is 0 Å². The smallest absolute Gasteiger partial charge is 0.0591 e. The molecule has 0 aromatic heterocycles. The molecule has 0 heterocycles. The first kappa shape index (κ1) is 50.4. The molecule has 0 atom stereocenters. The van der Waals surface area contributed by atoms with Gasteiger partial charge in [0.2, 0.25) is 0 Å². The predicted octanol–water partition coefficient (Wildman–Crippen LogP) is 19.1. The van der Waals surface area contributed by atoms with Gasteiger partial charge in [-0.2, -0.15) is 0 Å². The third-order valence-electron chi connectivity index (χ3n) is 12.2. The van der Waals surface area contributed by atoms with Crippen molar-refractivity contribution < 1.29 is 0 Å². The second-order valence-corrected chi connectivity index (χ2v) is 22.2. The molecule has 0 spiro atoms. The van der Waals surface area contributed by atoms with Crippen molar-refractivity contribution in [1.82, 2.24) is 0 Å². The summed E-state index contributed by atoms with van der Waals surface area (Å²) in [4.78, 5) is 0. The number of hydrogen-bond acceptors (Lipinski definition) is 0. The first-order valence-corrected chi connectivity index (χ1v) is 27.3. The fraction of sp³-hybridized carbons (Fsp3) is 1.00. The minimum Gasteiger partial charge on any atom is -0.0654 e. The third kappa shape index (κ3) is 41.2. The van der Waals surface area contributed by atoms with Gasteiger partial charge in [0.1, 0.15) is 0 Å². The van der Waals surface area contributed by atoms with Crippen LogP contribution in [0, 0.1) is 0 Å². The highest BCUT2D eigenvalue weighted by atomic mass is 31.2. The summed E-state index contributed by atoms with van der Waals surface area (Å²) in [5.74, 6) is 0. The van der Waals surface area contributed by atoms with Gasteiger partial charge < -0.3 is 0 Å². The molecule has 0 rings (SSSR count). The molecule has 0 unspecified atom stereocenters. The van der Waals surface area contributed by atoms with E-state index in [-0.39, 0.29) is 0 Å². The van der Waals surface area contributed by atoms with Crippen molar-refractivity contribution in [2.75, 3.05) is 25.2 Å². The maximum absolute atomic E-state index is 2.81. The Balaban J connectivity index is 4.07. The number of unbranched alkanes of at least 4 members (excludes halogenated alkanes) is 39. The van der Waals surface area contributed by atoms with Crippen molar-refractivity contribution in [3.8, 4) is 0 Å². The Labute approximate surface area is 321 Å². The van der Waals surface area contributed by atoms with Crippen LogP contribution in [-0.2, 0) is 0 Å². The van der Waals surface area contributed by atoms with Gasteiger partial charge in [-0.3, -0.25) is 0 Å². The molecule has 0 saturated heterocycles. The highest BCUT2D eigenvalue weighted by Gasteiger charge is 2.29. The molecule has 0 saturated carbocycles. The topological polar surface area (TPSA) is 0 Å². The van der Waals surface area contributed by atoms with Gasteiger partial charge in [-0.1, -0.05) is 252 Å². The largest absolute Gasteiger partial charge is 0.0654 e. The second-order valence-electron chi connectivity index (χ2n) is 17.6. The van der Waals surface area contributed by atoms with E-state index in [2.05, 4.69) is 27.4 Å². The van der Waals surface area contributed by atoms with Crippen LogP contribution in [0.3, 0.4) is 0 Å². The summed E-state index contributed by atoms with van der Waals surface area (Å²) in [5, 5.41) is 0. The van der Waals surface area contributed by atoms with Crippen LogP contribution in [0.4, 0.5) is 0 Å². The SMILES string of the molecule is CCCCCCCCCCCCCCCC[P+](C)(CCCCCCCCCCCCCCCC)CCCCCCCCCCCCCCCC. The fourth-order valence-corrected chi connectivity index (χ4v) is 12.0. The minimum absolute atomic E-state index is 0.723. The maximum Gasteiger partial charge on any atom is 0.0591 e. The molecule has 0 aliphatic heterocycles. The molecule has 0 aromatic carbocycles. The van der Waals surface area contributed by atoms with Gasteiger partial charge in [-0.15, -0.1) is 0 Å². The van der Waals surface area contributed by atoms with E-state index in [9.17, 15) is 0 Å². The molecule has 0 nitrogen and oxygen atoms in total. The van der Waals surface area contributed by atoms with Crippen LogP contribution in [0.5, 0.6) is 0 Å². The Morgan fingerprint density at radius 3 is 0.440 bits per heavy atom. The van der Waals surface area contributed by atoms with Crippen LogP contribution in [0.2, 0.25) is 0 Å². The highest BCUT2D eigenvalue weighted by molar-refractivity contribution is 7.75. The Bertz CT molecular complexity index is 505. The Hall–Kier alpha value is 0.430. The van der Waals surface area contributed by atoms with Crippen LogP contribution in [0.1, 0.15) is 290 Å². The van der Waals surface area contributed by atoms with Crippen molar-refractivity contribution in [2.45, 2.75) is 290 Å². The van der Waals surface area contributed by atoms with E-state index in [0.29, 0.717) is 0 Å². The molecule has 0 N–H and O–H groups in total. The van der Waals surface area contributed by atoms with Crippen molar-refractivity contribution in [3.63, 3.8) is 0 Å². The van der Waals surface area contributed by atoms with Gasteiger partial charge in [0.05, 0.1) is 18.5 Å². The summed E-state index contributed by atoms with van der Waals surface area (Å²) in [5.41, 5.74) is 0. The van der Waals surface area contributed by atoms with Crippen molar-refractivity contribution in [2.24, 2.45) is 0 Å². The van der Waals surface area contributed by atoms with Crippen LogP contribution < -0.4 is 0 Å². The van der Waals surface area contributed by atoms with Gasteiger partial charge in [-0.05, 0) is 38.5 Å². The number of hydrogen-bond donors (Lipinski definition) is 0. The zero-order chi connectivity index (χ0) is 36.3. The zero-order valence-corrected chi connectivity index (χ0v) is 37.2. The number of rotatable bonds is 45. The van der Waals surface area contributed by atoms with Gasteiger partial charge in [-0.25, -0.2) is 0 Å². The van der Waals surface area contributed by atoms with E-state index in [4.69, 9.17) is 0 Å². The second kappa shape index (κ2) is 43.8. The standard InChI is InChI=1S/C49H102P/c1-5-8-11-14-17-20-23-26-29-32-35-38-41-44-47-50(4,48-45-42-39-36-33-30-27-24-21-18-15-12-9-6-2)49-46-43-40-37-34-31-28-25-22-19-16-13-10-7-3/h5-49H2,1-4H3/q+1. The Kier molecular flexibility index (Phi) is 44.2. The van der Waals surface area contributed by atoms with Gasteiger partial charge >= 0.3 is 0 Å². The lowest BCUT2D eigenvalue weighted by Crippen LogP contribution is -2.08. The summed E-state index contributed by atoms with van der Waals surface area (Å²) in [6.07, 6.45) is 67.3. The lowest BCUT2D eigenvalue weighted by molar-refractivity contribution is 0.537. The van der Waals surface area contributed by atoms with E-state index in [0.717, 1.165) is 0 Å². The normalized spacial score (nSPS) is 12.0. The lowest BCUT2D eigenvalue weighted by Gasteiger charge is -2.24. The molecule has 1 heteroatoms. The van der Waals surface area contributed by atoms with E-state index in [1.807, 2.05) is 0 Å². The predicted molar refractivity (Wildman–Crippen MR) is 238 cm³/mol. The van der Waals surface area contributed by atoms with Crippen LogP contribution in [0.15, 0.2) is 0 Å². The molecular weight excluding hydrogens is 620 g/mol. The molecule has 0 aliphatic rings. The summed E-state index contributed by atoms with van der Waals surface area (Å²) < 4.78 is 0. The van der Waals surface area contributed by atoms with Gasteiger partial charge in [0, 0.05) is 13.9 Å². The molecule has 0 radical (unpaired) electrons. The van der Waals surface area contributed by atoms with Gasteiger partial charge in [0.25, 0.3) is 0 Å². The van der Waals surface area contributed by atoms with Crippen molar-refractivity contribution >= 4 is 7.26 Å². The maximum atomic E-state index is 2.81. The van der Waals surface area contributed by atoms with Crippen molar-refractivity contribution in [3.05, 3.63) is 0 Å². The molecule has 0 bridgehead atoms. The van der Waals surface area contributed by atoms with E-state index >= 15 is 0 Å². The van der Waals surface area contributed by atoms with Crippen LogP contribution >= 0.6 is 7.26 Å². The molecule has 50 heavy (non-hydrogen) atoms. The Morgan fingerprint density at radius 1 is 0.180 bits per heavy atom. The van der Waals surface area contributed by atoms with Crippen LogP contribution in [-0.4, -0.2) is 25.2 Å². The summed E-state index contributed by atoms with van der Waals surface area (Å²) in [6.45, 7) is 9.77. The molecule has 0 aliphatic carbocycles. The quantitative estimate of drug-likeness (QED) is 0.0434. The summed E-state index contributed by atoms with van der Waals surface area (Å²) in [7, 11) is -0.723. The average Bonchev–Trinajstić information content (AvgIpc) is 3.12. The molecular formula is C49H102P+. The lowest BCUT2D eigenvalue weighted by atomic mass is 10.0. The third-order valence-corrected chi connectivity index (χ3v) is 16.3. The van der Waals surface area contributed by atoms with E-state index in [1.54, 1.807) is 37.7 Å². The average molecular weight is 722 g/mol. The van der Waals surface area contributed by atoms with Crippen molar-refractivity contribution in [1.29, 1.82) is 0 Å². The zero-order valence-electron chi connectivity index (χ0n) is 36.3. The first-order chi connectivity index (χ1) is 24.7. The first-order valence-electron chi connectivity index (χ1n) is 24.5. The minimum atomic E-state index is -0.723. The molecule has 0 amide bonds. The molecule has 0 fully saturated rings. The fourth-order valence-electron chi connectivity index (χ4n) is 8.40. The van der Waals surface area contributed by atoms with Gasteiger partial charge in [0.15, 0.2) is 0 Å².